The van der Waals surface area contributed by atoms with Gasteiger partial charge >= 0.3 is 5.97 Å². The van der Waals surface area contributed by atoms with Crippen molar-refractivity contribution in [2.75, 3.05) is 19.7 Å². The second kappa shape index (κ2) is 7.88. The van der Waals surface area contributed by atoms with E-state index in [4.69, 9.17) is 4.74 Å². The van der Waals surface area contributed by atoms with Crippen molar-refractivity contribution >= 4 is 5.97 Å². The summed E-state index contributed by atoms with van der Waals surface area (Å²) in [6.07, 6.45) is 1.16. The molecule has 0 spiro atoms. The van der Waals surface area contributed by atoms with Crippen LogP contribution in [0.3, 0.4) is 0 Å². The fourth-order valence-electron chi connectivity index (χ4n) is 1.88. The van der Waals surface area contributed by atoms with E-state index in [1.54, 1.807) is 0 Å². The molecular formula is C15H23NO2. The van der Waals surface area contributed by atoms with Crippen LogP contribution in [0.2, 0.25) is 0 Å². The van der Waals surface area contributed by atoms with Crippen LogP contribution in [0, 0.1) is 0 Å². The molecule has 0 fully saturated rings. The van der Waals surface area contributed by atoms with E-state index >= 15 is 0 Å². The van der Waals surface area contributed by atoms with Crippen LogP contribution < -0.4 is 0 Å². The number of carbonyl (C=O) groups is 1. The van der Waals surface area contributed by atoms with Gasteiger partial charge < -0.3 is 4.74 Å². The van der Waals surface area contributed by atoms with Gasteiger partial charge in [-0.25, -0.2) is 4.79 Å². The molecule has 0 bridgehead atoms. The minimum absolute atomic E-state index is 0.245. The van der Waals surface area contributed by atoms with Gasteiger partial charge in [-0.05, 0) is 44.1 Å². The molecule has 3 heteroatoms. The van der Waals surface area contributed by atoms with Crippen molar-refractivity contribution in [2.45, 2.75) is 33.7 Å². The van der Waals surface area contributed by atoms with Crippen molar-refractivity contribution in [3.8, 4) is 0 Å². The molecule has 1 aromatic rings. The summed E-state index contributed by atoms with van der Waals surface area (Å²) >= 11 is 0. The molecule has 0 amide bonds. The second-order valence-corrected chi connectivity index (χ2v) is 4.29. The molecule has 18 heavy (non-hydrogen) atoms. The predicted octanol–water partition coefficient (Wildman–Crippen LogP) is 3.10. The van der Waals surface area contributed by atoms with E-state index in [9.17, 15) is 4.79 Å². The Morgan fingerprint density at radius 2 is 1.83 bits per heavy atom. The van der Waals surface area contributed by atoms with Crippen LogP contribution in [0.4, 0.5) is 0 Å². The summed E-state index contributed by atoms with van der Waals surface area (Å²) in [6, 6.07) is 7.69. The van der Waals surface area contributed by atoms with Crippen LogP contribution in [-0.4, -0.2) is 30.6 Å². The monoisotopic (exact) mass is 249 g/mol. The first-order valence-corrected chi connectivity index (χ1v) is 6.69. The van der Waals surface area contributed by atoms with E-state index in [0.29, 0.717) is 12.2 Å². The summed E-state index contributed by atoms with van der Waals surface area (Å²) in [6.45, 7) is 9.68. The Labute approximate surface area is 110 Å². The number of esters is 1. The molecular weight excluding hydrogens is 226 g/mol. The van der Waals surface area contributed by atoms with Crippen molar-refractivity contribution in [3.63, 3.8) is 0 Å². The minimum Gasteiger partial charge on any atom is -0.462 e. The van der Waals surface area contributed by atoms with Crippen molar-refractivity contribution in [2.24, 2.45) is 0 Å². The number of hydrogen-bond donors (Lipinski definition) is 0. The van der Waals surface area contributed by atoms with Gasteiger partial charge in [0, 0.05) is 6.54 Å². The summed E-state index contributed by atoms with van der Waals surface area (Å²) in [5, 5.41) is 0. The van der Waals surface area contributed by atoms with Crippen molar-refractivity contribution in [1.29, 1.82) is 0 Å². The molecule has 0 unspecified atom stereocenters. The summed E-state index contributed by atoms with van der Waals surface area (Å²) in [5.41, 5.74) is 1.86. The van der Waals surface area contributed by atoms with Crippen molar-refractivity contribution in [3.05, 3.63) is 35.4 Å². The first-order valence-electron chi connectivity index (χ1n) is 6.69. The van der Waals surface area contributed by atoms with E-state index < -0.39 is 0 Å². The lowest BCUT2D eigenvalue weighted by Gasteiger charge is -2.19. The number of benzene rings is 1. The van der Waals surface area contributed by atoms with E-state index in [0.717, 1.165) is 26.1 Å². The Kier molecular flexibility index (Phi) is 6.44. The molecule has 0 saturated heterocycles. The van der Waals surface area contributed by atoms with Gasteiger partial charge in [-0.15, -0.1) is 0 Å². The van der Waals surface area contributed by atoms with E-state index in [1.165, 1.54) is 5.56 Å². The number of carbonyl (C=O) groups excluding carboxylic acids is 1. The van der Waals surface area contributed by atoms with E-state index in [-0.39, 0.29) is 5.97 Å². The van der Waals surface area contributed by atoms with Crippen LogP contribution in [0.5, 0.6) is 0 Å². The van der Waals surface area contributed by atoms with Crippen LogP contribution in [0.1, 0.15) is 43.1 Å². The number of hydrogen-bond acceptors (Lipinski definition) is 3. The second-order valence-electron chi connectivity index (χ2n) is 4.29. The SMILES string of the molecule is CCCN(CC)Cc1ccc(C(=O)OCC)cc1. The maximum absolute atomic E-state index is 11.5. The average Bonchev–Trinajstić information content (AvgIpc) is 2.39. The molecule has 0 radical (unpaired) electrons. The molecule has 1 rings (SSSR count). The first-order chi connectivity index (χ1) is 8.71. The first kappa shape index (κ1) is 14.7. The minimum atomic E-state index is -0.245. The zero-order chi connectivity index (χ0) is 13.4. The van der Waals surface area contributed by atoms with Crippen molar-refractivity contribution in [1.82, 2.24) is 4.90 Å². The van der Waals surface area contributed by atoms with Crippen LogP contribution in [0.25, 0.3) is 0 Å². The highest BCUT2D eigenvalue weighted by Gasteiger charge is 2.07. The van der Waals surface area contributed by atoms with Crippen LogP contribution in [-0.2, 0) is 11.3 Å². The van der Waals surface area contributed by atoms with E-state index in [2.05, 4.69) is 18.7 Å². The highest BCUT2D eigenvalue weighted by atomic mass is 16.5. The van der Waals surface area contributed by atoms with Crippen LogP contribution >= 0.6 is 0 Å². The van der Waals surface area contributed by atoms with Gasteiger partial charge in [0.05, 0.1) is 12.2 Å². The normalized spacial score (nSPS) is 10.7. The third-order valence-electron chi connectivity index (χ3n) is 2.86. The molecule has 100 valence electrons. The smallest absolute Gasteiger partial charge is 0.338 e. The summed E-state index contributed by atoms with van der Waals surface area (Å²) in [7, 11) is 0. The Balaban J connectivity index is 2.62. The van der Waals surface area contributed by atoms with Gasteiger partial charge in [0.25, 0.3) is 0 Å². The van der Waals surface area contributed by atoms with E-state index in [1.807, 2.05) is 31.2 Å². The molecule has 0 N–H and O–H groups in total. The molecule has 0 aliphatic heterocycles. The Bertz CT molecular complexity index is 359. The molecule has 0 aromatic heterocycles. The number of rotatable bonds is 7. The highest BCUT2D eigenvalue weighted by molar-refractivity contribution is 5.89. The molecule has 1 aromatic carbocycles. The molecule has 0 aliphatic rings. The molecule has 0 saturated carbocycles. The topological polar surface area (TPSA) is 29.5 Å². The van der Waals surface area contributed by atoms with Gasteiger partial charge in [-0.2, -0.15) is 0 Å². The largest absolute Gasteiger partial charge is 0.462 e. The quantitative estimate of drug-likeness (QED) is 0.695. The predicted molar refractivity (Wildman–Crippen MR) is 73.6 cm³/mol. The lowest BCUT2D eigenvalue weighted by Crippen LogP contribution is -2.23. The molecule has 0 heterocycles. The Morgan fingerprint density at radius 3 is 2.33 bits per heavy atom. The third-order valence-corrected chi connectivity index (χ3v) is 2.86. The average molecular weight is 249 g/mol. The molecule has 3 nitrogen and oxygen atoms in total. The summed E-state index contributed by atoms with van der Waals surface area (Å²) in [5.74, 6) is -0.245. The van der Waals surface area contributed by atoms with Gasteiger partial charge in [-0.3, -0.25) is 4.90 Å². The lowest BCUT2D eigenvalue weighted by molar-refractivity contribution is 0.0526. The summed E-state index contributed by atoms with van der Waals surface area (Å²) < 4.78 is 4.96. The van der Waals surface area contributed by atoms with Gasteiger partial charge in [0.15, 0.2) is 0 Å². The highest BCUT2D eigenvalue weighted by Crippen LogP contribution is 2.09. The maximum atomic E-state index is 11.5. The van der Waals surface area contributed by atoms with Gasteiger partial charge in [0.2, 0.25) is 0 Å². The fraction of sp³-hybridized carbons (Fsp3) is 0.533. The summed E-state index contributed by atoms with van der Waals surface area (Å²) in [4.78, 5) is 13.9. The zero-order valence-corrected chi connectivity index (χ0v) is 11.6. The van der Waals surface area contributed by atoms with Crippen molar-refractivity contribution < 1.29 is 9.53 Å². The maximum Gasteiger partial charge on any atom is 0.338 e. The van der Waals surface area contributed by atoms with Gasteiger partial charge in [0.1, 0.15) is 0 Å². The fourth-order valence-corrected chi connectivity index (χ4v) is 1.88. The van der Waals surface area contributed by atoms with Crippen LogP contribution in [0.15, 0.2) is 24.3 Å². The Morgan fingerprint density at radius 1 is 1.17 bits per heavy atom. The molecule has 0 aliphatic carbocycles. The standard InChI is InChI=1S/C15H23NO2/c1-4-11-16(5-2)12-13-7-9-14(10-8-13)15(17)18-6-3/h7-10H,4-6,11-12H2,1-3H3. The third kappa shape index (κ3) is 4.49. The lowest BCUT2D eigenvalue weighted by atomic mass is 10.1. The molecule has 0 atom stereocenters. The zero-order valence-electron chi connectivity index (χ0n) is 11.6. The Hall–Kier alpha value is -1.35. The van der Waals surface area contributed by atoms with Gasteiger partial charge in [-0.1, -0.05) is 26.0 Å². The number of nitrogens with zero attached hydrogens (tertiary/aromatic N) is 1. The number of ether oxygens (including phenoxy) is 1.